The summed E-state index contributed by atoms with van der Waals surface area (Å²) >= 11 is 0. The summed E-state index contributed by atoms with van der Waals surface area (Å²) in [5, 5.41) is 4.91. The van der Waals surface area contributed by atoms with Crippen LogP contribution in [0.5, 0.6) is 0 Å². The van der Waals surface area contributed by atoms with Crippen LogP contribution in [0, 0.1) is 0 Å². The van der Waals surface area contributed by atoms with Crippen molar-refractivity contribution in [2.24, 2.45) is 0 Å². The Morgan fingerprint density at radius 3 is 1.45 bits per heavy atom. The molecule has 0 nitrogen and oxygen atoms in total. The topological polar surface area (TPSA) is 0 Å². The third kappa shape index (κ3) is 4.44. The van der Waals surface area contributed by atoms with Gasteiger partial charge in [0.15, 0.2) is 0 Å². The molecule has 0 amide bonds. The van der Waals surface area contributed by atoms with Crippen LogP contribution >= 0.6 is 0 Å². The van der Waals surface area contributed by atoms with E-state index in [1.807, 2.05) is 12.2 Å². The summed E-state index contributed by atoms with van der Waals surface area (Å²) in [5.74, 6) is 0. The van der Waals surface area contributed by atoms with Crippen LogP contribution in [0.1, 0.15) is 11.1 Å². The molecule has 0 aliphatic heterocycles. The van der Waals surface area contributed by atoms with Crippen LogP contribution in [0.4, 0.5) is 0 Å². The number of benzene rings is 7. The first-order valence-electron chi connectivity index (χ1n) is 14.3. The summed E-state index contributed by atoms with van der Waals surface area (Å²) in [7, 11) is 0. The number of rotatable bonds is 6. The molecular formula is C42H30. The Balaban J connectivity index is 1.46. The summed E-state index contributed by atoms with van der Waals surface area (Å²) in [5.41, 5.74) is 11.7. The van der Waals surface area contributed by atoms with E-state index in [0.717, 1.165) is 16.7 Å². The predicted octanol–water partition coefficient (Wildman–Crippen LogP) is 11.9. The smallest absolute Gasteiger partial charge is 0.00264 e. The van der Waals surface area contributed by atoms with E-state index in [4.69, 9.17) is 0 Å². The molecule has 0 aromatic heterocycles. The van der Waals surface area contributed by atoms with E-state index in [9.17, 15) is 0 Å². The van der Waals surface area contributed by atoms with Crippen molar-refractivity contribution in [3.63, 3.8) is 0 Å². The van der Waals surface area contributed by atoms with E-state index in [1.165, 1.54) is 60.5 Å². The predicted molar refractivity (Wildman–Crippen MR) is 183 cm³/mol. The first kappa shape index (κ1) is 25.5. The lowest BCUT2D eigenvalue weighted by molar-refractivity contribution is 1.57. The molecule has 198 valence electrons. The van der Waals surface area contributed by atoms with Gasteiger partial charge in [-0.15, -0.1) is 0 Å². The van der Waals surface area contributed by atoms with Crippen LogP contribution in [-0.4, -0.2) is 0 Å². The number of hydrogen-bond acceptors (Lipinski definition) is 0. The molecule has 0 aliphatic rings. The molecule has 0 aliphatic carbocycles. The zero-order valence-electron chi connectivity index (χ0n) is 23.4. The minimum absolute atomic E-state index is 1.10. The van der Waals surface area contributed by atoms with Crippen LogP contribution in [-0.2, 0) is 0 Å². The minimum Gasteiger partial charge on any atom is -0.0984 e. The summed E-state index contributed by atoms with van der Waals surface area (Å²) in [6.45, 7) is 8.56. The van der Waals surface area contributed by atoms with Crippen LogP contribution in [0.25, 0.3) is 78.2 Å². The van der Waals surface area contributed by atoms with Crippen molar-refractivity contribution in [1.82, 2.24) is 0 Å². The standard InChI is InChI=1S/C42H30/c1-3-37-38(4-2)42(32-16-9-6-10-17-32)40-28-36(29-13-7-5-8-14-29)25-26-39(40)41(37)33-22-19-31(20-23-33)35-24-21-30-15-11-12-18-34(30)27-35/h3-28H,1-2H2. The maximum absolute atomic E-state index is 4.28. The van der Waals surface area contributed by atoms with Gasteiger partial charge in [-0.25, -0.2) is 0 Å². The molecule has 0 bridgehead atoms. The van der Waals surface area contributed by atoms with Crippen LogP contribution in [0.3, 0.4) is 0 Å². The van der Waals surface area contributed by atoms with E-state index < -0.39 is 0 Å². The van der Waals surface area contributed by atoms with E-state index in [1.54, 1.807) is 0 Å². The Labute approximate surface area is 247 Å². The highest BCUT2D eigenvalue weighted by molar-refractivity contribution is 6.12. The van der Waals surface area contributed by atoms with Crippen LogP contribution in [0.15, 0.2) is 159 Å². The van der Waals surface area contributed by atoms with Crippen molar-refractivity contribution in [1.29, 1.82) is 0 Å². The molecule has 0 heteroatoms. The van der Waals surface area contributed by atoms with Crippen molar-refractivity contribution in [2.75, 3.05) is 0 Å². The highest BCUT2D eigenvalue weighted by atomic mass is 14.2. The lowest BCUT2D eigenvalue weighted by Crippen LogP contribution is -1.96. The lowest BCUT2D eigenvalue weighted by atomic mass is 9.82. The number of hydrogen-bond donors (Lipinski definition) is 0. The summed E-state index contributed by atoms with van der Waals surface area (Å²) in [6, 6.07) is 52.2. The van der Waals surface area contributed by atoms with E-state index >= 15 is 0 Å². The molecule has 42 heavy (non-hydrogen) atoms. The Bertz CT molecular complexity index is 2080. The maximum Gasteiger partial charge on any atom is -0.00264 e. The van der Waals surface area contributed by atoms with Gasteiger partial charge in [0.2, 0.25) is 0 Å². The first-order chi connectivity index (χ1) is 20.7. The van der Waals surface area contributed by atoms with Crippen molar-refractivity contribution in [3.05, 3.63) is 170 Å². The van der Waals surface area contributed by atoms with Crippen LogP contribution in [0.2, 0.25) is 0 Å². The van der Waals surface area contributed by atoms with E-state index in [2.05, 4.69) is 159 Å². The largest absolute Gasteiger partial charge is 0.0984 e. The monoisotopic (exact) mass is 534 g/mol. The summed E-state index contributed by atoms with van der Waals surface area (Å²) in [4.78, 5) is 0. The average Bonchev–Trinajstić information content (AvgIpc) is 3.07. The molecule has 0 atom stereocenters. The van der Waals surface area contributed by atoms with Gasteiger partial charge in [-0.2, -0.15) is 0 Å². The molecule has 0 N–H and O–H groups in total. The zero-order valence-corrected chi connectivity index (χ0v) is 23.4. The summed E-state index contributed by atoms with van der Waals surface area (Å²) < 4.78 is 0. The van der Waals surface area contributed by atoms with Gasteiger partial charge in [0.25, 0.3) is 0 Å². The van der Waals surface area contributed by atoms with Gasteiger partial charge in [0.05, 0.1) is 0 Å². The van der Waals surface area contributed by atoms with Crippen molar-refractivity contribution in [3.8, 4) is 44.5 Å². The van der Waals surface area contributed by atoms with Gasteiger partial charge >= 0.3 is 0 Å². The number of fused-ring (bicyclic) bond motifs is 2. The molecule has 0 radical (unpaired) electrons. The Morgan fingerprint density at radius 1 is 0.333 bits per heavy atom. The molecule has 7 rings (SSSR count). The summed E-state index contributed by atoms with van der Waals surface area (Å²) in [6.07, 6.45) is 3.97. The van der Waals surface area contributed by atoms with Crippen LogP contribution < -0.4 is 0 Å². The zero-order chi connectivity index (χ0) is 28.5. The Hall–Kier alpha value is -5.46. The van der Waals surface area contributed by atoms with Crippen molar-refractivity contribution < 1.29 is 0 Å². The second-order valence-electron chi connectivity index (χ2n) is 10.6. The van der Waals surface area contributed by atoms with Gasteiger partial charge in [-0.1, -0.05) is 159 Å². The second kappa shape index (κ2) is 10.8. The van der Waals surface area contributed by atoms with Gasteiger partial charge in [-0.05, 0) is 89.3 Å². The molecule has 7 aromatic carbocycles. The Kier molecular flexibility index (Phi) is 6.58. The van der Waals surface area contributed by atoms with E-state index in [0.29, 0.717) is 0 Å². The fourth-order valence-electron chi connectivity index (χ4n) is 6.19. The molecule has 0 spiro atoms. The average molecular weight is 535 g/mol. The maximum atomic E-state index is 4.28. The van der Waals surface area contributed by atoms with E-state index in [-0.39, 0.29) is 0 Å². The molecule has 0 fully saturated rings. The quantitative estimate of drug-likeness (QED) is 0.199. The van der Waals surface area contributed by atoms with Gasteiger partial charge in [0.1, 0.15) is 0 Å². The minimum atomic E-state index is 1.10. The third-order valence-corrected chi connectivity index (χ3v) is 8.22. The van der Waals surface area contributed by atoms with Gasteiger partial charge in [0, 0.05) is 0 Å². The van der Waals surface area contributed by atoms with Gasteiger partial charge in [-0.3, -0.25) is 0 Å². The molecular weight excluding hydrogens is 504 g/mol. The second-order valence-corrected chi connectivity index (χ2v) is 10.6. The molecule has 0 heterocycles. The highest BCUT2D eigenvalue weighted by Gasteiger charge is 2.19. The molecule has 0 saturated heterocycles. The van der Waals surface area contributed by atoms with Crippen molar-refractivity contribution >= 4 is 33.7 Å². The highest BCUT2D eigenvalue weighted by Crippen LogP contribution is 2.44. The molecule has 7 aromatic rings. The fourth-order valence-corrected chi connectivity index (χ4v) is 6.19. The molecule has 0 saturated carbocycles. The normalized spacial score (nSPS) is 11.0. The van der Waals surface area contributed by atoms with Gasteiger partial charge < -0.3 is 0 Å². The van der Waals surface area contributed by atoms with Crippen molar-refractivity contribution in [2.45, 2.75) is 0 Å². The third-order valence-electron chi connectivity index (χ3n) is 8.22. The SMILES string of the molecule is C=Cc1c(C=C)c(-c2ccccc2)c2cc(-c3ccccc3)ccc2c1-c1ccc(-c2ccc3ccccc3c2)cc1. The lowest BCUT2D eigenvalue weighted by Gasteiger charge is -2.21. The Morgan fingerprint density at radius 2 is 0.786 bits per heavy atom. The molecule has 0 unspecified atom stereocenters. The fraction of sp³-hybridized carbons (Fsp3) is 0. The first-order valence-corrected chi connectivity index (χ1v) is 14.3.